The van der Waals surface area contributed by atoms with Gasteiger partial charge in [-0.3, -0.25) is 14.9 Å². The van der Waals surface area contributed by atoms with Crippen LogP contribution in [0.25, 0.3) is 0 Å². The van der Waals surface area contributed by atoms with Crippen molar-refractivity contribution in [2.45, 2.75) is 33.1 Å². The van der Waals surface area contributed by atoms with Gasteiger partial charge in [0.05, 0.1) is 30.1 Å². The van der Waals surface area contributed by atoms with Crippen molar-refractivity contribution in [3.8, 4) is 17.2 Å². The molecule has 0 aromatic heterocycles. The van der Waals surface area contributed by atoms with Crippen LogP contribution in [0.2, 0.25) is 0 Å². The first-order chi connectivity index (χ1) is 14.5. The molecule has 8 nitrogen and oxygen atoms in total. The fourth-order valence-corrected chi connectivity index (χ4v) is 3.18. The largest absolute Gasteiger partial charge is 0.492 e. The summed E-state index contributed by atoms with van der Waals surface area (Å²) in [4.78, 5) is 23.9. The van der Waals surface area contributed by atoms with Gasteiger partial charge in [-0.2, -0.15) is 0 Å². The van der Waals surface area contributed by atoms with E-state index in [0.717, 1.165) is 24.2 Å². The predicted octanol–water partition coefficient (Wildman–Crippen LogP) is 4.36. The van der Waals surface area contributed by atoms with Gasteiger partial charge in [-0.25, -0.2) is 0 Å². The summed E-state index contributed by atoms with van der Waals surface area (Å²) < 4.78 is 17.0. The first-order valence-corrected chi connectivity index (χ1v) is 10.1. The SMILES string of the molecule is CCCOc1cc(NC(=O)C2COc3ccccc3C2)c([N+](=O)[O-])cc1OCCC. The van der Waals surface area contributed by atoms with Crippen LogP contribution in [0, 0.1) is 16.0 Å². The van der Waals surface area contributed by atoms with E-state index in [1.165, 1.54) is 12.1 Å². The molecule has 1 unspecified atom stereocenters. The highest BCUT2D eigenvalue weighted by molar-refractivity contribution is 5.95. The number of nitro groups is 1. The highest BCUT2D eigenvalue weighted by Gasteiger charge is 2.28. The number of benzene rings is 2. The van der Waals surface area contributed by atoms with Gasteiger partial charge in [0.25, 0.3) is 5.69 Å². The Hall–Kier alpha value is -3.29. The minimum Gasteiger partial charge on any atom is -0.492 e. The summed E-state index contributed by atoms with van der Waals surface area (Å²) in [5, 5.41) is 14.3. The van der Waals surface area contributed by atoms with Crippen LogP contribution >= 0.6 is 0 Å². The number of nitrogens with zero attached hydrogens (tertiary/aromatic N) is 1. The molecule has 1 N–H and O–H groups in total. The van der Waals surface area contributed by atoms with Crippen LogP contribution in [0.3, 0.4) is 0 Å². The number of ether oxygens (including phenoxy) is 3. The zero-order chi connectivity index (χ0) is 21.5. The molecule has 1 amide bonds. The van der Waals surface area contributed by atoms with Crippen molar-refractivity contribution in [1.29, 1.82) is 0 Å². The Bertz CT molecular complexity index is 914. The average Bonchev–Trinajstić information content (AvgIpc) is 2.76. The second-order valence-corrected chi connectivity index (χ2v) is 7.08. The summed E-state index contributed by atoms with van der Waals surface area (Å²) in [6, 6.07) is 10.3. The molecule has 160 valence electrons. The smallest absolute Gasteiger partial charge is 0.296 e. The minimum absolute atomic E-state index is 0.0822. The van der Waals surface area contributed by atoms with E-state index in [4.69, 9.17) is 14.2 Å². The van der Waals surface area contributed by atoms with Crippen molar-refractivity contribution in [3.63, 3.8) is 0 Å². The van der Waals surface area contributed by atoms with Crippen molar-refractivity contribution >= 4 is 17.3 Å². The maximum Gasteiger partial charge on any atom is 0.296 e. The van der Waals surface area contributed by atoms with Gasteiger partial charge in [-0.15, -0.1) is 0 Å². The van der Waals surface area contributed by atoms with E-state index >= 15 is 0 Å². The van der Waals surface area contributed by atoms with E-state index in [-0.39, 0.29) is 23.9 Å². The Morgan fingerprint density at radius 2 is 1.83 bits per heavy atom. The maximum absolute atomic E-state index is 12.8. The van der Waals surface area contributed by atoms with E-state index in [0.29, 0.717) is 31.1 Å². The van der Waals surface area contributed by atoms with E-state index in [1.807, 2.05) is 38.1 Å². The summed E-state index contributed by atoms with van der Waals surface area (Å²) in [6.07, 6.45) is 2.03. The topological polar surface area (TPSA) is 99.9 Å². The van der Waals surface area contributed by atoms with Crippen LogP contribution in [0.15, 0.2) is 36.4 Å². The van der Waals surface area contributed by atoms with Gasteiger partial charge >= 0.3 is 0 Å². The summed E-state index contributed by atoms with van der Waals surface area (Å²) in [5.74, 6) is 0.647. The molecule has 3 rings (SSSR count). The normalized spacial score (nSPS) is 14.9. The molecule has 2 aromatic rings. The molecular weight excluding hydrogens is 388 g/mol. The lowest BCUT2D eigenvalue weighted by Gasteiger charge is -2.24. The Kier molecular flexibility index (Phi) is 7.11. The second-order valence-electron chi connectivity index (χ2n) is 7.08. The molecule has 8 heteroatoms. The van der Waals surface area contributed by atoms with Gasteiger partial charge < -0.3 is 19.5 Å². The minimum atomic E-state index is -0.537. The predicted molar refractivity (Wildman–Crippen MR) is 112 cm³/mol. The Morgan fingerprint density at radius 1 is 1.17 bits per heavy atom. The molecule has 0 bridgehead atoms. The van der Waals surface area contributed by atoms with Gasteiger partial charge in [-0.05, 0) is 30.9 Å². The maximum atomic E-state index is 12.8. The van der Waals surface area contributed by atoms with Crippen molar-refractivity contribution < 1.29 is 23.9 Å². The van der Waals surface area contributed by atoms with Crippen molar-refractivity contribution in [2.24, 2.45) is 5.92 Å². The molecule has 0 saturated heterocycles. The van der Waals surface area contributed by atoms with Crippen LogP contribution in [0.5, 0.6) is 17.2 Å². The van der Waals surface area contributed by atoms with Crippen LogP contribution in [-0.4, -0.2) is 30.7 Å². The Balaban J connectivity index is 1.84. The fraction of sp³-hybridized carbons (Fsp3) is 0.409. The zero-order valence-corrected chi connectivity index (χ0v) is 17.2. The van der Waals surface area contributed by atoms with Crippen LogP contribution in [0.1, 0.15) is 32.3 Å². The quantitative estimate of drug-likeness (QED) is 0.483. The standard InChI is InChI=1S/C22H26N2O6/c1-3-9-28-20-12-17(18(24(26)27)13-21(20)29-10-4-2)23-22(25)16-11-15-7-5-6-8-19(15)30-14-16/h5-8,12-13,16H,3-4,9-11,14H2,1-2H3,(H,23,25). The molecule has 1 aliphatic heterocycles. The first kappa shape index (κ1) is 21.4. The Labute approximate surface area is 175 Å². The third kappa shape index (κ3) is 5.00. The molecule has 1 atom stereocenters. The van der Waals surface area contributed by atoms with E-state index in [2.05, 4.69) is 5.32 Å². The molecule has 1 heterocycles. The fourth-order valence-electron chi connectivity index (χ4n) is 3.18. The number of nitrogens with one attached hydrogen (secondary N) is 1. The average molecular weight is 414 g/mol. The summed E-state index contributed by atoms with van der Waals surface area (Å²) in [5.41, 5.74) is 0.780. The molecule has 0 saturated carbocycles. The van der Waals surface area contributed by atoms with E-state index in [1.54, 1.807) is 0 Å². The highest BCUT2D eigenvalue weighted by Crippen LogP contribution is 2.39. The summed E-state index contributed by atoms with van der Waals surface area (Å²) in [7, 11) is 0. The molecule has 0 spiro atoms. The molecule has 30 heavy (non-hydrogen) atoms. The van der Waals surface area contributed by atoms with E-state index < -0.39 is 10.8 Å². The number of fused-ring (bicyclic) bond motifs is 1. The van der Waals surface area contributed by atoms with Crippen molar-refractivity contribution in [3.05, 3.63) is 52.1 Å². The number of nitro benzene ring substituents is 1. The van der Waals surface area contributed by atoms with Gasteiger partial charge in [-0.1, -0.05) is 32.0 Å². The number of hydrogen-bond donors (Lipinski definition) is 1. The summed E-state index contributed by atoms with van der Waals surface area (Å²) in [6.45, 7) is 4.96. The van der Waals surface area contributed by atoms with Gasteiger partial charge in [0.1, 0.15) is 18.0 Å². The second kappa shape index (κ2) is 9.96. The summed E-state index contributed by atoms with van der Waals surface area (Å²) >= 11 is 0. The molecule has 0 fully saturated rings. The lowest BCUT2D eigenvalue weighted by molar-refractivity contribution is -0.384. The lowest BCUT2D eigenvalue weighted by Crippen LogP contribution is -2.32. The van der Waals surface area contributed by atoms with Gasteiger partial charge in [0.2, 0.25) is 5.91 Å². The first-order valence-electron chi connectivity index (χ1n) is 10.1. The number of para-hydroxylation sites is 1. The van der Waals surface area contributed by atoms with Crippen molar-refractivity contribution in [1.82, 2.24) is 0 Å². The number of carbonyl (C=O) groups is 1. The number of hydrogen-bond acceptors (Lipinski definition) is 6. The third-order valence-corrected chi connectivity index (χ3v) is 4.69. The van der Waals surface area contributed by atoms with Crippen LogP contribution < -0.4 is 19.5 Å². The molecular formula is C22H26N2O6. The molecule has 2 aromatic carbocycles. The monoisotopic (exact) mass is 414 g/mol. The van der Waals surface area contributed by atoms with Gasteiger partial charge in [0.15, 0.2) is 11.5 Å². The van der Waals surface area contributed by atoms with Gasteiger partial charge in [0, 0.05) is 6.07 Å². The Morgan fingerprint density at radius 3 is 2.50 bits per heavy atom. The third-order valence-electron chi connectivity index (χ3n) is 4.69. The van der Waals surface area contributed by atoms with Crippen molar-refractivity contribution in [2.75, 3.05) is 25.1 Å². The molecule has 0 aliphatic carbocycles. The number of anilines is 1. The molecule has 0 radical (unpaired) electrons. The number of carbonyl (C=O) groups excluding carboxylic acids is 1. The zero-order valence-electron chi connectivity index (χ0n) is 17.2. The lowest BCUT2D eigenvalue weighted by atomic mass is 9.96. The molecule has 1 aliphatic rings. The highest BCUT2D eigenvalue weighted by atomic mass is 16.6. The van der Waals surface area contributed by atoms with Crippen LogP contribution in [-0.2, 0) is 11.2 Å². The van der Waals surface area contributed by atoms with Crippen LogP contribution in [0.4, 0.5) is 11.4 Å². The van der Waals surface area contributed by atoms with E-state index in [9.17, 15) is 14.9 Å². The number of rotatable bonds is 9. The number of amides is 1.